The monoisotopic (exact) mass is 431 g/mol. The summed E-state index contributed by atoms with van der Waals surface area (Å²) < 4.78 is 21.0. The molecule has 1 saturated heterocycles. The number of amides is 1. The summed E-state index contributed by atoms with van der Waals surface area (Å²) in [5, 5.41) is 12.5. The number of rotatable bonds is 5. The number of likely N-dealkylation sites (tertiary alicyclic amines) is 1. The molecule has 0 spiro atoms. The van der Waals surface area contributed by atoms with E-state index < -0.39 is 0 Å². The topological polar surface area (TPSA) is 77.1 Å². The summed E-state index contributed by atoms with van der Waals surface area (Å²) in [5.74, 6) is 0.319. The largest absolute Gasteiger partial charge is 0.421 e. The number of hydrogen-bond acceptors (Lipinski definition) is 5. The Balaban J connectivity index is 1.38. The van der Waals surface area contributed by atoms with Crippen LogP contribution >= 0.6 is 0 Å². The Morgan fingerprint density at radius 3 is 2.84 bits per heavy atom. The molecular formula is C24H22FN5O2. The van der Waals surface area contributed by atoms with Crippen LogP contribution in [0.25, 0.3) is 17.1 Å². The fraction of sp³-hybridized carbons (Fsp3) is 0.250. The number of halogens is 1. The summed E-state index contributed by atoms with van der Waals surface area (Å²) in [6.07, 6.45) is 6.80. The van der Waals surface area contributed by atoms with Crippen molar-refractivity contribution in [2.75, 3.05) is 6.54 Å². The SMILES string of the molecule is O=C(c1ccccc1-n1cccn1)N1CCCC[C@H]1Cc1nnc(-c2cccc(F)c2)o1. The molecule has 2 aromatic heterocycles. The van der Waals surface area contributed by atoms with Gasteiger partial charge < -0.3 is 9.32 Å². The first kappa shape index (κ1) is 20.1. The van der Waals surface area contributed by atoms with Gasteiger partial charge in [0.15, 0.2) is 0 Å². The molecule has 1 atom stereocenters. The average Bonchev–Trinajstić information content (AvgIpc) is 3.52. The standard InChI is InChI=1S/C24H22FN5O2/c25-18-8-5-7-17(15-18)23-28-27-22(32-23)16-19-9-3-4-13-29(19)24(31)20-10-1-2-11-21(20)30-14-6-12-26-30/h1-2,5-8,10-12,14-15,19H,3-4,9,13,16H2/t19-/m0/s1. The number of nitrogens with zero attached hydrogens (tertiary/aromatic N) is 5. The zero-order valence-corrected chi connectivity index (χ0v) is 17.4. The van der Waals surface area contributed by atoms with Crippen LogP contribution in [0, 0.1) is 5.82 Å². The summed E-state index contributed by atoms with van der Waals surface area (Å²) in [6.45, 7) is 0.668. The fourth-order valence-corrected chi connectivity index (χ4v) is 4.18. The van der Waals surface area contributed by atoms with Crippen LogP contribution in [-0.2, 0) is 6.42 Å². The molecule has 162 valence electrons. The molecule has 0 aliphatic carbocycles. The lowest BCUT2D eigenvalue weighted by molar-refractivity contribution is 0.0605. The third-order valence-electron chi connectivity index (χ3n) is 5.72. The minimum Gasteiger partial charge on any atom is -0.421 e. The number of hydrogen-bond donors (Lipinski definition) is 0. The van der Waals surface area contributed by atoms with Crippen LogP contribution in [-0.4, -0.2) is 43.4 Å². The lowest BCUT2D eigenvalue weighted by Crippen LogP contribution is -2.45. The van der Waals surface area contributed by atoms with Crippen molar-refractivity contribution in [3.63, 3.8) is 0 Å². The number of aromatic nitrogens is 4. The summed E-state index contributed by atoms with van der Waals surface area (Å²) in [5.41, 5.74) is 1.89. The maximum atomic E-state index is 13.6. The predicted molar refractivity (Wildman–Crippen MR) is 116 cm³/mol. The molecule has 1 aliphatic heterocycles. The molecule has 4 aromatic rings. The molecular weight excluding hydrogens is 409 g/mol. The summed E-state index contributed by atoms with van der Waals surface area (Å²) in [7, 11) is 0. The van der Waals surface area contributed by atoms with Gasteiger partial charge in [-0.25, -0.2) is 9.07 Å². The van der Waals surface area contributed by atoms with Gasteiger partial charge in [0.2, 0.25) is 11.8 Å². The highest BCUT2D eigenvalue weighted by atomic mass is 19.1. The van der Waals surface area contributed by atoms with E-state index in [1.165, 1.54) is 12.1 Å². The van der Waals surface area contributed by atoms with Crippen LogP contribution in [0.2, 0.25) is 0 Å². The molecule has 3 heterocycles. The van der Waals surface area contributed by atoms with E-state index in [9.17, 15) is 9.18 Å². The molecule has 1 fully saturated rings. The van der Waals surface area contributed by atoms with Gasteiger partial charge in [-0.05, 0) is 55.7 Å². The van der Waals surface area contributed by atoms with Gasteiger partial charge in [0.25, 0.3) is 5.91 Å². The molecule has 0 unspecified atom stereocenters. The smallest absolute Gasteiger partial charge is 0.256 e. The molecule has 1 aliphatic rings. The van der Waals surface area contributed by atoms with Crippen molar-refractivity contribution in [1.82, 2.24) is 24.9 Å². The second kappa shape index (κ2) is 8.74. The van der Waals surface area contributed by atoms with Crippen molar-refractivity contribution in [3.05, 3.63) is 84.3 Å². The Kier molecular flexibility index (Phi) is 5.49. The third kappa shape index (κ3) is 4.03. The highest BCUT2D eigenvalue weighted by molar-refractivity contribution is 5.98. The van der Waals surface area contributed by atoms with E-state index in [0.29, 0.717) is 30.0 Å². The number of carbonyl (C=O) groups is 1. The van der Waals surface area contributed by atoms with Gasteiger partial charge in [0.1, 0.15) is 5.82 Å². The zero-order chi connectivity index (χ0) is 21.9. The van der Waals surface area contributed by atoms with Crippen molar-refractivity contribution in [3.8, 4) is 17.1 Å². The van der Waals surface area contributed by atoms with Crippen LogP contribution in [0.1, 0.15) is 35.5 Å². The summed E-state index contributed by atoms with van der Waals surface area (Å²) in [6, 6.07) is 15.3. The fourth-order valence-electron chi connectivity index (χ4n) is 4.18. The minimum absolute atomic E-state index is 0.0364. The summed E-state index contributed by atoms with van der Waals surface area (Å²) in [4.78, 5) is 15.5. The molecule has 2 aromatic carbocycles. The average molecular weight is 431 g/mol. The van der Waals surface area contributed by atoms with E-state index in [1.807, 2.05) is 41.4 Å². The zero-order valence-electron chi connectivity index (χ0n) is 17.4. The van der Waals surface area contributed by atoms with E-state index >= 15 is 0 Å². The van der Waals surface area contributed by atoms with Crippen LogP contribution in [0.4, 0.5) is 4.39 Å². The van der Waals surface area contributed by atoms with Gasteiger partial charge in [0.05, 0.1) is 11.3 Å². The Bertz CT molecular complexity index is 1220. The van der Waals surface area contributed by atoms with Gasteiger partial charge >= 0.3 is 0 Å². The maximum absolute atomic E-state index is 13.6. The van der Waals surface area contributed by atoms with Gasteiger partial charge in [0, 0.05) is 37.0 Å². The first-order valence-electron chi connectivity index (χ1n) is 10.7. The molecule has 0 N–H and O–H groups in total. The van der Waals surface area contributed by atoms with Crippen LogP contribution in [0.15, 0.2) is 71.4 Å². The molecule has 0 bridgehead atoms. The summed E-state index contributed by atoms with van der Waals surface area (Å²) >= 11 is 0. The van der Waals surface area contributed by atoms with E-state index in [2.05, 4.69) is 15.3 Å². The van der Waals surface area contributed by atoms with Gasteiger partial charge in [-0.3, -0.25) is 4.79 Å². The quantitative estimate of drug-likeness (QED) is 0.471. The predicted octanol–water partition coefficient (Wildman–Crippen LogP) is 4.30. The van der Waals surface area contributed by atoms with E-state index in [1.54, 1.807) is 23.0 Å². The molecule has 0 radical (unpaired) electrons. The van der Waals surface area contributed by atoms with Crippen LogP contribution in [0.5, 0.6) is 0 Å². The van der Waals surface area contributed by atoms with Crippen LogP contribution in [0.3, 0.4) is 0 Å². The number of piperidine rings is 1. The van der Waals surface area contributed by atoms with Crippen LogP contribution < -0.4 is 0 Å². The van der Waals surface area contributed by atoms with Gasteiger partial charge in [-0.1, -0.05) is 18.2 Å². The molecule has 1 amide bonds. The normalized spacial score (nSPS) is 16.3. The number of carbonyl (C=O) groups excluding carboxylic acids is 1. The second-order valence-corrected chi connectivity index (χ2v) is 7.83. The van der Waals surface area contributed by atoms with Crippen molar-refractivity contribution in [2.24, 2.45) is 0 Å². The second-order valence-electron chi connectivity index (χ2n) is 7.83. The van der Waals surface area contributed by atoms with Gasteiger partial charge in [-0.15, -0.1) is 10.2 Å². The lowest BCUT2D eigenvalue weighted by Gasteiger charge is -2.35. The highest BCUT2D eigenvalue weighted by Crippen LogP contribution is 2.26. The van der Waals surface area contributed by atoms with Crippen molar-refractivity contribution >= 4 is 5.91 Å². The van der Waals surface area contributed by atoms with E-state index in [4.69, 9.17) is 4.42 Å². The van der Waals surface area contributed by atoms with Gasteiger partial charge in [-0.2, -0.15) is 5.10 Å². The van der Waals surface area contributed by atoms with Crippen molar-refractivity contribution in [2.45, 2.75) is 31.7 Å². The number of benzene rings is 2. The first-order valence-corrected chi connectivity index (χ1v) is 10.7. The molecule has 7 nitrogen and oxygen atoms in total. The maximum Gasteiger partial charge on any atom is 0.256 e. The Morgan fingerprint density at radius 1 is 1.09 bits per heavy atom. The molecule has 5 rings (SSSR count). The highest BCUT2D eigenvalue weighted by Gasteiger charge is 2.30. The molecule has 0 saturated carbocycles. The molecule has 8 heteroatoms. The molecule has 32 heavy (non-hydrogen) atoms. The minimum atomic E-state index is -0.359. The third-order valence-corrected chi connectivity index (χ3v) is 5.72. The lowest BCUT2D eigenvalue weighted by atomic mass is 9.97. The Labute approximate surface area is 184 Å². The Morgan fingerprint density at radius 2 is 2.00 bits per heavy atom. The van der Waals surface area contributed by atoms with Crippen molar-refractivity contribution in [1.29, 1.82) is 0 Å². The van der Waals surface area contributed by atoms with E-state index in [-0.39, 0.29) is 23.7 Å². The van der Waals surface area contributed by atoms with Crippen molar-refractivity contribution < 1.29 is 13.6 Å². The number of para-hydroxylation sites is 1. The van der Waals surface area contributed by atoms with E-state index in [0.717, 1.165) is 24.9 Å². The Hall–Kier alpha value is -3.81. The first-order chi connectivity index (χ1) is 15.7.